The van der Waals surface area contributed by atoms with E-state index in [1.165, 1.54) is 37.1 Å². The van der Waals surface area contributed by atoms with Gasteiger partial charge in [-0.05, 0) is 83.9 Å². The van der Waals surface area contributed by atoms with Crippen molar-refractivity contribution in [1.82, 2.24) is 0 Å². The van der Waals surface area contributed by atoms with Gasteiger partial charge in [-0.15, -0.1) is 0 Å². The average molecular weight is 565 g/mol. The van der Waals surface area contributed by atoms with Gasteiger partial charge in [0.2, 0.25) is 5.91 Å². The number of aromatic carboxylic acids is 1. The maximum atomic E-state index is 13.0. The average Bonchev–Trinajstić information content (AvgIpc) is 3.00. The molecular weight excluding hydrogens is 536 g/mol. The van der Waals surface area contributed by atoms with Crippen LogP contribution >= 0.6 is 0 Å². The largest absolute Gasteiger partial charge is 0.497 e. The summed E-state index contributed by atoms with van der Waals surface area (Å²) < 4.78 is 9.87. The van der Waals surface area contributed by atoms with E-state index in [0.29, 0.717) is 22.5 Å². The summed E-state index contributed by atoms with van der Waals surface area (Å²) in [5.41, 5.74) is 3.29. The maximum absolute atomic E-state index is 13.0. The van der Waals surface area contributed by atoms with Crippen LogP contribution in [0.5, 0.6) is 5.75 Å². The van der Waals surface area contributed by atoms with E-state index in [9.17, 15) is 24.3 Å². The van der Waals surface area contributed by atoms with Crippen LogP contribution in [0.2, 0.25) is 0 Å². The summed E-state index contributed by atoms with van der Waals surface area (Å²) in [4.78, 5) is 50.6. The predicted octanol–water partition coefficient (Wildman–Crippen LogP) is 6.29. The number of nitrogens with one attached hydrogen (secondary N) is 1. The number of methoxy groups -OCH3 is 2. The molecule has 2 N–H and O–H groups in total. The number of carboxylic acid groups (broad SMARTS) is 1. The van der Waals surface area contributed by atoms with Gasteiger partial charge in [0.1, 0.15) is 5.75 Å². The number of amides is 2. The van der Waals surface area contributed by atoms with Crippen molar-refractivity contribution in [3.8, 4) is 5.75 Å². The summed E-state index contributed by atoms with van der Waals surface area (Å²) in [5, 5.41) is 12.4. The van der Waals surface area contributed by atoms with Gasteiger partial charge in [0.05, 0.1) is 31.0 Å². The molecule has 0 spiro atoms. The summed E-state index contributed by atoms with van der Waals surface area (Å²) in [6, 6.07) is 24.8. The number of esters is 1. The van der Waals surface area contributed by atoms with E-state index < -0.39 is 17.8 Å². The zero-order chi connectivity index (χ0) is 30.2. The first-order chi connectivity index (χ1) is 20.2. The van der Waals surface area contributed by atoms with E-state index in [1.807, 2.05) is 30.3 Å². The number of rotatable bonds is 9. The van der Waals surface area contributed by atoms with Crippen LogP contribution in [0.3, 0.4) is 0 Å². The standard InChI is InChI=1S/C33H28N2O7/c1-21(36)35(27-15-11-25(12-16-27)33(40)42-3)26-13-9-24(10-14-26)31(37)34-30-19-8-23(20-29(30)32(38)39)5-4-22-6-17-28(41-2)18-7-22/h4-20H,1-3H3,(H,34,37)(H,38,39)/b5-4+. The second kappa shape index (κ2) is 13.1. The first-order valence-electron chi connectivity index (χ1n) is 12.8. The van der Waals surface area contributed by atoms with Gasteiger partial charge in [-0.1, -0.05) is 30.4 Å². The molecule has 42 heavy (non-hydrogen) atoms. The molecule has 9 heteroatoms. The van der Waals surface area contributed by atoms with Crippen molar-refractivity contribution in [3.63, 3.8) is 0 Å². The van der Waals surface area contributed by atoms with Crippen molar-refractivity contribution in [2.24, 2.45) is 0 Å². The second-order valence-electron chi connectivity index (χ2n) is 9.11. The maximum Gasteiger partial charge on any atom is 0.337 e. The van der Waals surface area contributed by atoms with Crippen LogP contribution in [-0.4, -0.2) is 43.1 Å². The van der Waals surface area contributed by atoms with Crippen molar-refractivity contribution in [2.45, 2.75) is 6.92 Å². The van der Waals surface area contributed by atoms with Crippen LogP contribution in [0.1, 0.15) is 49.1 Å². The van der Waals surface area contributed by atoms with E-state index in [4.69, 9.17) is 9.47 Å². The van der Waals surface area contributed by atoms with Gasteiger partial charge in [-0.3, -0.25) is 14.5 Å². The number of nitrogens with zero attached hydrogens (tertiary/aromatic N) is 1. The van der Waals surface area contributed by atoms with Crippen LogP contribution in [0.4, 0.5) is 17.1 Å². The highest BCUT2D eigenvalue weighted by molar-refractivity contribution is 6.08. The van der Waals surface area contributed by atoms with Gasteiger partial charge in [0.25, 0.3) is 5.91 Å². The lowest BCUT2D eigenvalue weighted by atomic mass is 10.1. The number of carbonyl (C=O) groups is 4. The van der Waals surface area contributed by atoms with Crippen molar-refractivity contribution < 1.29 is 33.8 Å². The third-order valence-electron chi connectivity index (χ3n) is 6.36. The van der Waals surface area contributed by atoms with Crippen molar-refractivity contribution in [3.05, 3.63) is 119 Å². The van der Waals surface area contributed by atoms with Crippen LogP contribution in [0.15, 0.2) is 91.0 Å². The molecule has 0 radical (unpaired) electrons. The van der Waals surface area contributed by atoms with Crippen molar-refractivity contribution in [1.29, 1.82) is 0 Å². The summed E-state index contributed by atoms with van der Waals surface area (Å²) in [6.45, 7) is 1.40. The van der Waals surface area contributed by atoms with Gasteiger partial charge >= 0.3 is 11.9 Å². The molecule has 4 rings (SSSR count). The fraction of sp³-hybridized carbons (Fsp3) is 0.0909. The Labute approximate surface area is 242 Å². The molecule has 0 aliphatic rings. The van der Waals surface area contributed by atoms with Gasteiger partial charge in [0.15, 0.2) is 0 Å². The number of carbonyl (C=O) groups excluding carboxylic acids is 3. The number of benzene rings is 4. The lowest BCUT2D eigenvalue weighted by Crippen LogP contribution is -2.23. The molecule has 0 aromatic heterocycles. The van der Waals surface area contributed by atoms with Gasteiger partial charge < -0.3 is 19.9 Å². The Hall–Kier alpha value is -5.70. The summed E-state index contributed by atoms with van der Waals surface area (Å²) in [6.07, 6.45) is 3.63. The topological polar surface area (TPSA) is 122 Å². The third kappa shape index (κ3) is 6.89. The first kappa shape index (κ1) is 29.3. The molecule has 0 saturated heterocycles. The molecule has 0 aliphatic carbocycles. The van der Waals surface area contributed by atoms with E-state index in [2.05, 4.69) is 5.32 Å². The van der Waals surface area contributed by atoms with E-state index in [0.717, 1.165) is 11.3 Å². The van der Waals surface area contributed by atoms with Gasteiger partial charge in [0, 0.05) is 23.9 Å². The number of carboxylic acids is 1. The molecule has 0 atom stereocenters. The molecule has 0 unspecified atom stereocenters. The Bertz CT molecular complexity index is 1640. The van der Waals surface area contributed by atoms with Crippen molar-refractivity contribution in [2.75, 3.05) is 24.4 Å². The molecule has 4 aromatic carbocycles. The van der Waals surface area contributed by atoms with Crippen LogP contribution < -0.4 is 15.0 Å². The Morgan fingerprint density at radius 3 is 1.81 bits per heavy atom. The van der Waals surface area contributed by atoms with E-state index >= 15 is 0 Å². The molecule has 2 amide bonds. The number of hydrogen-bond acceptors (Lipinski definition) is 6. The number of ether oxygens (including phenoxy) is 2. The highest BCUT2D eigenvalue weighted by atomic mass is 16.5. The fourth-order valence-electron chi connectivity index (χ4n) is 4.19. The predicted molar refractivity (Wildman–Crippen MR) is 160 cm³/mol. The first-order valence-corrected chi connectivity index (χ1v) is 12.8. The minimum atomic E-state index is -1.18. The number of anilines is 3. The molecule has 0 fully saturated rings. The van der Waals surface area contributed by atoms with Crippen molar-refractivity contribution >= 4 is 53.0 Å². The fourth-order valence-corrected chi connectivity index (χ4v) is 4.19. The highest BCUT2D eigenvalue weighted by Crippen LogP contribution is 2.27. The Morgan fingerprint density at radius 1 is 0.738 bits per heavy atom. The monoisotopic (exact) mass is 564 g/mol. The molecule has 0 saturated carbocycles. The molecule has 9 nitrogen and oxygen atoms in total. The summed E-state index contributed by atoms with van der Waals surface area (Å²) in [5.74, 6) is -1.72. The van der Waals surface area contributed by atoms with E-state index in [-0.39, 0.29) is 22.7 Å². The summed E-state index contributed by atoms with van der Waals surface area (Å²) in [7, 11) is 2.88. The third-order valence-corrected chi connectivity index (χ3v) is 6.36. The summed E-state index contributed by atoms with van der Waals surface area (Å²) >= 11 is 0. The van der Waals surface area contributed by atoms with Gasteiger partial charge in [-0.2, -0.15) is 0 Å². The van der Waals surface area contributed by atoms with Crippen LogP contribution in [0.25, 0.3) is 12.2 Å². The quantitative estimate of drug-likeness (QED) is 0.181. The van der Waals surface area contributed by atoms with Crippen LogP contribution in [-0.2, 0) is 9.53 Å². The molecule has 4 aromatic rings. The normalized spacial score (nSPS) is 10.6. The Morgan fingerprint density at radius 2 is 1.29 bits per heavy atom. The Kier molecular flexibility index (Phi) is 9.14. The highest BCUT2D eigenvalue weighted by Gasteiger charge is 2.18. The minimum absolute atomic E-state index is 0.0602. The van der Waals surface area contributed by atoms with Crippen LogP contribution in [0, 0.1) is 0 Å². The second-order valence-corrected chi connectivity index (χ2v) is 9.11. The minimum Gasteiger partial charge on any atom is -0.497 e. The van der Waals surface area contributed by atoms with E-state index in [1.54, 1.807) is 61.7 Å². The Balaban J connectivity index is 1.50. The molecule has 212 valence electrons. The zero-order valence-corrected chi connectivity index (χ0v) is 23.2. The lowest BCUT2D eigenvalue weighted by Gasteiger charge is -2.22. The lowest BCUT2D eigenvalue weighted by molar-refractivity contribution is -0.115. The molecule has 0 aliphatic heterocycles. The van der Waals surface area contributed by atoms with Gasteiger partial charge in [-0.25, -0.2) is 9.59 Å². The smallest absolute Gasteiger partial charge is 0.337 e. The number of hydrogen-bond donors (Lipinski definition) is 2. The molecule has 0 bridgehead atoms. The SMILES string of the molecule is COC(=O)c1ccc(N(C(C)=O)c2ccc(C(=O)Nc3ccc(/C=C/c4ccc(OC)cc4)cc3C(=O)O)cc2)cc1. The molecule has 0 heterocycles. The molecular formula is C33H28N2O7. The zero-order valence-electron chi connectivity index (χ0n) is 23.2.